The van der Waals surface area contributed by atoms with Crippen LogP contribution in [0, 0.1) is 6.92 Å². The first-order valence-electron chi connectivity index (χ1n) is 6.21. The number of aromatic nitrogens is 1. The van der Waals surface area contributed by atoms with Crippen molar-refractivity contribution in [3.8, 4) is 0 Å². The van der Waals surface area contributed by atoms with Gasteiger partial charge in [0.15, 0.2) is 0 Å². The Balaban J connectivity index is 1.94. The molecule has 1 fully saturated rings. The second-order valence-electron chi connectivity index (χ2n) is 4.71. The molecule has 6 heteroatoms. The summed E-state index contributed by atoms with van der Waals surface area (Å²) < 4.78 is 0. The van der Waals surface area contributed by atoms with E-state index in [1.165, 1.54) is 0 Å². The van der Waals surface area contributed by atoms with E-state index in [4.69, 9.17) is 5.11 Å². The first-order valence-corrected chi connectivity index (χ1v) is 6.21. The summed E-state index contributed by atoms with van der Waals surface area (Å²) >= 11 is 0. The van der Waals surface area contributed by atoms with E-state index in [0.717, 1.165) is 5.56 Å². The number of hydrogen-bond donors (Lipinski definition) is 1. The monoisotopic (exact) mass is 263 g/mol. The van der Waals surface area contributed by atoms with Gasteiger partial charge < -0.3 is 10.0 Å². The zero-order valence-electron chi connectivity index (χ0n) is 10.9. The molecule has 1 amide bonds. The lowest BCUT2D eigenvalue weighted by atomic mass is 10.2. The molecular formula is C13H17N3O3. The van der Waals surface area contributed by atoms with Gasteiger partial charge in [0.25, 0.3) is 5.91 Å². The summed E-state index contributed by atoms with van der Waals surface area (Å²) in [6.45, 7) is 4.23. The average molecular weight is 263 g/mol. The van der Waals surface area contributed by atoms with Crippen LogP contribution in [0.1, 0.15) is 15.9 Å². The Kier molecular flexibility index (Phi) is 4.11. The van der Waals surface area contributed by atoms with Gasteiger partial charge in [-0.1, -0.05) is 0 Å². The Bertz CT molecular complexity index is 482. The Hall–Kier alpha value is -1.95. The van der Waals surface area contributed by atoms with E-state index in [2.05, 4.69) is 4.98 Å². The summed E-state index contributed by atoms with van der Waals surface area (Å²) in [6, 6.07) is 1.82. The number of aliphatic carboxylic acids is 1. The number of nitrogens with zero attached hydrogens (tertiary/aromatic N) is 3. The van der Waals surface area contributed by atoms with Gasteiger partial charge in [0.1, 0.15) is 0 Å². The van der Waals surface area contributed by atoms with Crippen molar-refractivity contribution in [3.05, 3.63) is 29.6 Å². The first-order chi connectivity index (χ1) is 9.06. The van der Waals surface area contributed by atoms with Crippen molar-refractivity contribution in [3.63, 3.8) is 0 Å². The number of carbonyl (C=O) groups excluding carboxylic acids is 1. The van der Waals surface area contributed by atoms with Crippen LogP contribution in [0.15, 0.2) is 18.5 Å². The van der Waals surface area contributed by atoms with Crippen molar-refractivity contribution in [2.75, 3.05) is 32.7 Å². The molecule has 0 radical (unpaired) electrons. The molecule has 102 valence electrons. The smallest absolute Gasteiger partial charge is 0.317 e. The summed E-state index contributed by atoms with van der Waals surface area (Å²) in [5.41, 5.74) is 1.54. The molecule has 1 aromatic rings. The second-order valence-corrected chi connectivity index (χ2v) is 4.71. The lowest BCUT2D eigenvalue weighted by Gasteiger charge is -2.33. The summed E-state index contributed by atoms with van der Waals surface area (Å²) in [5, 5.41) is 8.72. The molecule has 0 aliphatic carbocycles. The van der Waals surface area contributed by atoms with Gasteiger partial charge in [0.05, 0.1) is 12.1 Å². The zero-order valence-corrected chi connectivity index (χ0v) is 10.9. The van der Waals surface area contributed by atoms with Crippen molar-refractivity contribution in [2.45, 2.75) is 6.92 Å². The van der Waals surface area contributed by atoms with Crippen LogP contribution < -0.4 is 0 Å². The summed E-state index contributed by atoms with van der Waals surface area (Å²) in [6.07, 6.45) is 3.28. The van der Waals surface area contributed by atoms with Crippen molar-refractivity contribution in [1.29, 1.82) is 0 Å². The van der Waals surface area contributed by atoms with Gasteiger partial charge in [-0.05, 0) is 18.6 Å². The number of pyridine rings is 1. The topological polar surface area (TPSA) is 73.7 Å². The maximum Gasteiger partial charge on any atom is 0.317 e. The predicted molar refractivity (Wildman–Crippen MR) is 69.0 cm³/mol. The highest BCUT2D eigenvalue weighted by Crippen LogP contribution is 2.09. The van der Waals surface area contributed by atoms with Gasteiger partial charge in [0.2, 0.25) is 0 Å². The lowest BCUT2D eigenvalue weighted by Crippen LogP contribution is -2.49. The Morgan fingerprint density at radius 3 is 2.53 bits per heavy atom. The molecule has 6 nitrogen and oxygen atoms in total. The summed E-state index contributed by atoms with van der Waals surface area (Å²) in [7, 11) is 0. The number of aryl methyl sites for hydroxylation is 1. The average Bonchev–Trinajstić information content (AvgIpc) is 2.38. The van der Waals surface area contributed by atoms with Crippen molar-refractivity contribution < 1.29 is 14.7 Å². The molecule has 1 saturated heterocycles. The van der Waals surface area contributed by atoms with Gasteiger partial charge >= 0.3 is 5.97 Å². The van der Waals surface area contributed by atoms with Gasteiger partial charge in [-0.25, -0.2) is 0 Å². The minimum atomic E-state index is -0.831. The highest BCUT2D eigenvalue weighted by atomic mass is 16.4. The SMILES string of the molecule is Cc1cncc(C(=O)N2CCN(CC(=O)O)CC2)c1. The number of carboxylic acid groups (broad SMARTS) is 1. The molecule has 0 aromatic carbocycles. The second kappa shape index (κ2) is 5.79. The van der Waals surface area contributed by atoms with Gasteiger partial charge in [0, 0.05) is 38.6 Å². The normalized spacial score (nSPS) is 16.4. The largest absolute Gasteiger partial charge is 0.480 e. The molecule has 1 aliphatic heterocycles. The molecule has 19 heavy (non-hydrogen) atoms. The fourth-order valence-corrected chi connectivity index (χ4v) is 2.15. The summed E-state index contributed by atoms with van der Waals surface area (Å²) in [4.78, 5) is 30.4. The van der Waals surface area contributed by atoms with Crippen molar-refractivity contribution >= 4 is 11.9 Å². The van der Waals surface area contributed by atoms with Crippen molar-refractivity contribution in [2.24, 2.45) is 0 Å². The molecule has 1 N–H and O–H groups in total. The minimum Gasteiger partial charge on any atom is -0.480 e. The number of amides is 1. The van der Waals surface area contributed by atoms with Gasteiger partial charge in [-0.15, -0.1) is 0 Å². The van der Waals surface area contributed by atoms with Crippen LogP contribution in [-0.4, -0.2) is 64.5 Å². The number of hydrogen-bond acceptors (Lipinski definition) is 4. The molecular weight excluding hydrogens is 246 g/mol. The van der Waals surface area contributed by atoms with Crippen LogP contribution in [0.4, 0.5) is 0 Å². The van der Waals surface area contributed by atoms with Crippen LogP contribution >= 0.6 is 0 Å². The van der Waals surface area contributed by atoms with E-state index in [1.54, 1.807) is 17.3 Å². The molecule has 2 heterocycles. The molecule has 0 saturated carbocycles. The van der Waals surface area contributed by atoms with E-state index >= 15 is 0 Å². The lowest BCUT2D eigenvalue weighted by molar-refractivity contribution is -0.138. The first kappa shape index (κ1) is 13.5. The van der Waals surface area contributed by atoms with E-state index in [1.807, 2.05) is 17.9 Å². The summed E-state index contributed by atoms with van der Waals surface area (Å²) in [5.74, 6) is -0.867. The molecule has 2 rings (SSSR count). The molecule has 1 aliphatic rings. The fourth-order valence-electron chi connectivity index (χ4n) is 2.15. The van der Waals surface area contributed by atoms with Crippen LogP contribution in [0.5, 0.6) is 0 Å². The van der Waals surface area contributed by atoms with Gasteiger partial charge in [-0.3, -0.25) is 19.5 Å². The third-order valence-corrected chi connectivity index (χ3v) is 3.14. The van der Waals surface area contributed by atoms with Crippen LogP contribution in [0.2, 0.25) is 0 Å². The highest BCUT2D eigenvalue weighted by molar-refractivity contribution is 5.94. The number of carboxylic acids is 1. The molecule has 0 unspecified atom stereocenters. The Morgan fingerprint density at radius 1 is 1.26 bits per heavy atom. The van der Waals surface area contributed by atoms with Crippen LogP contribution in [0.25, 0.3) is 0 Å². The van der Waals surface area contributed by atoms with E-state index in [9.17, 15) is 9.59 Å². The van der Waals surface area contributed by atoms with Crippen LogP contribution in [0.3, 0.4) is 0 Å². The maximum absolute atomic E-state index is 12.2. The maximum atomic E-state index is 12.2. The van der Waals surface area contributed by atoms with E-state index in [0.29, 0.717) is 31.7 Å². The predicted octanol–water partition coefficient (Wildman–Crippen LogP) is 0.232. The third-order valence-electron chi connectivity index (χ3n) is 3.14. The Labute approximate surface area is 111 Å². The van der Waals surface area contributed by atoms with Crippen LogP contribution in [-0.2, 0) is 4.79 Å². The zero-order chi connectivity index (χ0) is 13.8. The van der Waals surface area contributed by atoms with E-state index < -0.39 is 5.97 Å². The standard InChI is InChI=1S/C13H17N3O3/c1-10-6-11(8-14-7-10)13(19)16-4-2-15(3-5-16)9-12(17)18/h6-8H,2-5,9H2,1H3,(H,17,18). The number of piperazine rings is 1. The highest BCUT2D eigenvalue weighted by Gasteiger charge is 2.23. The number of rotatable bonds is 3. The molecule has 0 bridgehead atoms. The van der Waals surface area contributed by atoms with E-state index in [-0.39, 0.29) is 12.5 Å². The van der Waals surface area contributed by atoms with Gasteiger partial charge in [-0.2, -0.15) is 0 Å². The molecule has 0 spiro atoms. The third kappa shape index (κ3) is 3.51. The fraction of sp³-hybridized carbons (Fsp3) is 0.462. The molecule has 1 aromatic heterocycles. The number of carbonyl (C=O) groups is 2. The minimum absolute atomic E-state index is 0.0357. The molecule has 0 atom stereocenters. The quantitative estimate of drug-likeness (QED) is 0.845. The van der Waals surface area contributed by atoms with Crippen molar-refractivity contribution in [1.82, 2.24) is 14.8 Å². The Morgan fingerprint density at radius 2 is 1.95 bits per heavy atom.